The second-order valence-corrected chi connectivity index (χ2v) is 9.13. The molecule has 2 unspecified atom stereocenters. The van der Waals surface area contributed by atoms with Crippen molar-refractivity contribution in [1.29, 1.82) is 0 Å². The number of ether oxygens (including phenoxy) is 1. The molecule has 4 aliphatic rings. The quantitative estimate of drug-likeness (QED) is 0.570. The Kier molecular flexibility index (Phi) is 3.76. The minimum atomic E-state index is -0.276. The molecule has 2 atom stereocenters. The molecule has 0 spiro atoms. The number of hydrogen-bond acceptors (Lipinski definition) is 2. The highest BCUT2D eigenvalue weighted by Gasteiger charge is 2.67. The summed E-state index contributed by atoms with van der Waals surface area (Å²) >= 11 is 6.17. The minimum Gasteiger partial charge on any atom is -0.469 e. The Morgan fingerprint density at radius 3 is 2.33 bits per heavy atom. The number of rotatable bonds is 4. The molecule has 130 valence electrons. The number of halogens is 1. The molecule has 4 saturated carbocycles. The summed E-state index contributed by atoms with van der Waals surface area (Å²) in [4.78, 5) is 12.8. The Bertz CT molecular complexity index is 622. The molecule has 0 saturated heterocycles. The number of methoxy groups -OCH3 is 1. The lowest BCUT2D eigenvalue weighted by Crippen LogP contribution is -2.63. The van der Waals surface area contributed by atoms with E-state index in [4.69, 9.17) is 16.3 Å². The molecule has 4 bridgehead atoms. The predicted molar refractivity (Wildman–Crippen MR) is 96.1 cm³/mol. The van der Waals surface area contributed by atoms with Gasteiger partial charge in [-0.15, -0.1) is 11.6 Å². The first-order valence-electron chi connectivity index (χ1n) is 9.18. The van der Waals surface area contributed by atoms with Crippen LogP contribution < -0.4 is 0 Å². The monoisotopic (exact) mass is 346 g/mol. The van der Waals surface area contributed by atoms with E-state index in [2.05, 4.69) is 37.3 Å². The summed E-state index contributed by atoms with van der Waals surface area (Å²) in [5.41, 5.74) is 1.56. The van der Waals surface area contributed by atoms with Crippen LogP contribution in [0.4, 0.5) is 0 Å². The van der Waals surface area contributed by atoms with Gasteiger partial charge in [0.2, 0.25) is 0 Å². The van der Waals surface area contributed by atoms with E-state index in [9.17, 15) is 4.79 Å². The highest BCUT2D eigenvalue weighted by atomic mass is 35.5. The molecule has 0 N–H and O–H groups in total. The van der Waals surface area contributed by atoms with Crippen LogP contribution in [0, 0.1) is 22.7 Å². The van der Waals surface area contributed by atoms with E-state index in [0.717, 1.165) is 25.7 Å². The first-order chi connectivity index (χ1) is 11.5. The van der Waals surface area contributed by atoms with Crippen LogP contribution >= 0.6 is 11.6 Å². The molecule has 3 heteroatoms. The minimum absolute atomic E-state index is 0.0186. The normalized spacial score (nSPS) is 43.0. The molecule has 5 rings (SSSR count). The van der Waals surface area contributed by atoms with Gasteiger partial charge in [-0.25, -0.2) is 0 Å². The van der Waals surface area contributed by atoms with Gasteiger partial charge in [0.05, 0.1) is 12.5 Å². The molecule has 4 fully saturated rings. The number of alkyl halides is 1. The zero-order chi connectivity index (χ0) is 17.0. The van der Waals surface area contributed by atoms with Gasteiger partial charge in [-0.2, -0.15) is 0 Å². The van der Waals surface area contributed by atoms with Crippen LogP contribution in [0.25, 0.3) is 0 Å². The highest BCUT2D eigenvalue weighted by Crippen LogP contribution is 2.72. The molecule has 0 radical (unpaired) electrons. The van der Waals surface area contributed by atoms with Crippen LogP contribution in [-0.4, -0.2) is 19.0 Å². The van der Waals surface area contributed by atoms with Crippen molar-refractivity contribution in [2.24, 2.45) is 22.7 Å². The first-order valence-corrected chi connectivity index (χ1v) is 9.71. The van der Waals surface area contributed by atoms with E-state index in [0.29, 0.717) is 17.7 Å². The fraction of sp³-hybridized carbons (Fsp3) is 0.667. The van der Waals surface area contributed by atoms with Gasteiger partial charge in [0.25, 0.3) is 0 Å². The molecule has 4 aliphatic carbocycles. The lowest BCUT2D eigenvalue weighted by molar-refractivity contribution is -0.192. The molecule has 0 heterocycles. The van der Waals surface area contributed by atoms with Crippen molar-refractivity contribution in [3.63, 3.8) is 0 Å². The second-order valence-electron chi connectivity index (χ2n) is 8.75. The van der Waals surface area contributed by atoms with Crippen molar-refractivity contribution >= 4 is 17.6 Å². The van der Waals surface area contributed by atoms with Crippen LogP contribution in [0.2, 0.25) is 0 Å². The Morgan fingerprint density at radius 1 is 1.17 bits per heavy atom. The summed E-state index contributed by atoms with van der Waals surface area (Å²) < 4.78 is 5.28. The van der Waals surface area contributed by atoms with Gasteiger partial charge in [-0.05, 0) is 66.8 Å². The van der Waals surface area contributed by atoms with E-state index in [1.807, 2.05) is 0 Å². The Morgan fingerprint density at radius 2 is 1.79 bits per heavy atom. The predicted octanol–water partition coefficient (Wildman–Crippen LogP) is 4.94. The number of benzene rings is 1. The van der Waals surface area contributed by atoms with E-state index in [1.54, 1.807) is 7.11 Å². The highest BCUT2D eigenvalue weighted by molar-refractivity contribution is 6.17. The molecule has 1 aromatic carbocycles. The van der Waals surface area contributed by atoms with Crippen molar-refractivity contribution in [1.82, 2.24) is 0 Å². The third-order valence-electron chi connectivity index (χ3n) is 7.73. The Balaban J connectivity index is 1.79. The van der Waals surface area contributed by atoms with Crippen molar-refractivity contribution in [3.8, 4) is 0 Å². The van der Waals surface area contributed by atoms with Gasteiger partial charge >= 0.3 is 5.97 Å². The molecule has 1 aromatic rings. The largest absolute Gasteiger partial charge is 0.469 e. The standard InChI is InChI=1S/C21H27ClO2/c1-19(8-9-22)16-10-20(15-6-4-3-5-7-15)11-17(19)13-21(12-16,14-20)18(23)24-2/h3-7,16-17H,8-14H2,1-2H3. The fourth-order valence-electron chi connectivity index (χ4n) is 6.60. The van der Waals surface area contributed by atoms with Gasteiger partial charge < -0.3 is 4.74 Å². The second kappa shape index (κ2) is 5.49. The molecular formula is C21H27ClO2. The number of carbonyl (C=O) groups is 1. The summed E-state index contributed by atoms with van der Waals surface area (Å²) in [6.07, 6.45) is 6.38. The molecular weight excluding hydrogens is 320 g/mol. The lowest BCUT2D eigenvalue weighted by atomic mass is 9.36. The molecule has 0 aliphatic heterocycles. The maximum atomic E-state index is 12.8. The molecule has 0 aromatic heterocycles. The molecule has 24 heavy (non-hydrogen) atoms. The summed E-state index contributed by atoms with van der Waals surface area (Å²) in [7, 11) is 1.55. The van der Waals surface area contributed by atoms with Crippen molar-refractivity contribution in [2.75, 3.05) is 13.0 Å². The maximum Gasteiger partial charge on any atom is 0.311 e. The van der Waals surface area contributed by atoms with Crippen LogP contribution in [0.5, 0.6) is 0 Å². The van der Waals surface area contributed by atoms with Crippen LogP contribution in [-0.2, 0) is 14.9 Å². The van der Waals surface area contributed by atoms with Gasteiger partial charge in [0, 0.05) is 5.88 Å². The zero-order valence-electron chi connectivity index (χ0n) is 14.7. The van der Waals surface area contributed by atoms with Gasteiger partial charge in [-0.3, -0.25) is 4.79 Å². The average Bonchev–Trinajstić information content (AvgIpc) is 2.59. The summed E-state index contributed by atoms with van der Waals surface area (Å²) in [6.45, 7) is 2.42. The fourth-order valence-corrected chi connectivity index (χ4v) is 7.00. The SMILES string of the molecule is COC(=O)C12CC3CC(c4ccccc4)(CC(C1)C3(C)CCCl)C2. The van der Waals surface area contributed by atoms with Crippen molar-refractivity contribution in [2.45, 2.75) is 50.9 Å². The third kappa shape index (κ3) is 2.11. The van der Waals surface area contributed by atoms with Crippen LogP contribution in [0.3, 0.4) is 0 Å². The molecule has 2 nitrogen and oxygen atoms in total. The van der Waals surface area contributed by atoms with Crippen molar-refractivity contribution in [3.05, 3.63) is 35.9 Å². The van der Waals surface area contributed by atoms with Gasteiger partial charge in [0.1, 0.15) is 0 Å². The summed E-state index contributed by atoms with van der Waals surface area (Å²) in [5, 5.41) is 0. The zero-order valence-corrected chi connectivity index (χ0v) is 15.4. The summed E-state index contributed by atoms with van der Waals surface area (Å²) in [6, 6.07) is 10.9. The van der Waals surface area contributed by atoms with Gasteiger partial charge in [0.15, 0.2) is 0 Å². The number of esters is 1. The lowest BCUT2D eigenvalue weighted by Gasteiger charge is -2.68. The average molecular weight is 347 g/mol. The van der Waals surface area contributed by atoms with Crippen LogP contribution in [0.15, 0.2) is 30.3 Å². The van der Waals surface area contributed by atoms with E-state index < -0.39 is 0 Å². The van der Waals surface area contributed by atoms with E-state index >= 15 is 0 Å². The smallest absolute Gasteiger partial charge is 0.311 e. The topological polar surface area (TPSA) is 26.3 Å². The number of carbonyl (C=O) groups excluding carboxylic acids is 1. The van der Waals surface area contributed by atoms with E-state index in [1.165, 1.54) is 18.4 Å². The first kappa shape index (κ1) is 16.4. The maximum absolute atomic E-state index is 12.8. The van der Waals surface area contributed by atoms with Crippen molar-refractivity contribution < 1.29 is 9.53 Å². The number of hydrogen-bond donors (Lipinski definition) is 0. The van der Waals surface area contributed by atoms with Crippen LogP contribution in [0.1, 0.15) is 51.0 Å². The third-order valence-corrected chi connectivity index (χ3v) is 7.92. The summed E-state index contributed by atoms with van der Waals surface area (Å²) in [5.74, 6) is 1.87. The Hall–Kier alpha value is -1.02. The molecule has 0 amide bonds. The van der Waals surface area contributed by atoms with Gasteiger partial charge in [-0.1, -0.05) is 37.3 Å². The van der Waals surface area contributed by atoms with E-state index in [-0.39, 0.29) is 22.2 Å². The Labute approximate surface area is 149 Å².